The summed E-state index contributed by atoms with van der Waals surface area (Å²) in [6, 6.07) is 10.0. The normalized spacial score (nSPS) is 11.3. The fourth-order valence-corrected chi connectivity index (χ4v) is 4.24. The fraction of sp³-hybridized carbons (Fsp3) is 0.417. The van der Waals surface area contributed by atoms with Gasteiger partial charge in [-0.25, -0.2) is 0 Å². The van der Waals surface area contributed by atoms with Gasteiger partial charge in [0.05, 0.1) is 5.56 Å². The van der Waals surface area contributed by atoms with Crippen molar-refractivity contribution in [2.45, 2.75) is 54.1 Å². The molecule has 3 aromatic rings. The molecule has 6 heteroatoms. The number of carbonyl (C=O) groups excluding carboxylic acids is 2. The molecule has 0 spiro atoms. The van der Waals surface area contributed by atoms with E-state index in [1.807, 2.05) is 73.7 Å². The van der Waals surface area contributed by atoms with E-state index in [1.165, 1.54) is 0 Å². The van der Waals surface area contributed by atoms with Crippen LogP contribution in [0.15, 0.2) is 36.5 Å². The number of likely N-dealkylation sites (N-methyl/N-ethyl adjacent to an activating group) is 1. The first kappa shape index (κ1) is 21.7. The Morgan fingerprint density at radius 3 is 2.37 bits per heavy atom. The van der Waals surface area contributed by atoms with Crippen molar-refractivity contribution in [1.82, 2.24) is 14.0 Å². The van der Waals surface area contributed by atoms with Crippen molar-refractivity contribution in [2.24, 2.45) is 0 Å². The second kappa shape index (κ2) is 8.78. The van der Waals surface area contributed by atoms with Crippen LogP contribution in [0.2, 0.25) is 0 Å². The van der Waals surface area contributed by atoms with Crippen LogP contribution in [0, 0.1) is 13.8 Å². The minimum atomic E-state index is -0.106. The van der Waals surface area contributed by atoms with Crippen molar-refractivity contribution in [3.8, 4) is 0 Å². The molecule has 0 aliphatic heterocycles. The van der Waals surface area contributed by atoms with Crippen LogP contribution in [-0.2, 0) is 11.3 Å². The van der Waals surface area contributed by atoms with Gasteiger partial charge in [-0.15, -0.1) is 0 Å². The maximum Gasteiger partial charge on any atom is 0.257 e. The Morgan fingerprint density at radius 1 is 1.07 bits per heavy atom. The first-order valence-corrected chi connectivity index (χ1v) is 10.6. The highest BCUT2D eigenvalue weighted by Gasteiger charge is 2.18. The molecule has 2 aromatic heterocycles. The number of anilines is 1. The third kappa shape index (κ3) is 4.13. The van der Waals surface area contributed by atoms with E-state index >= 15 is 0 Å². The number of carbonyl (C=O) groups is 2. The molecular weight excluding hydrogens is 376 g/mol. The highest BCUT2D eigenvalue weighted by molar-refractivity contribution is 6.06. The summed E-state index contributed by atoms with van der Waals surface area (Å²) < 4.78 is 4.13. The number of nitrogens with zero attached hydrogens (tertiary/aromatic N) is 3. The maximum atomic E-state index is 12.9. The topological polar surface area (TPSA) is 59.3 Å². The van der Waals surface area contributed by atoms with Gasteiger partial charge in [0.2, 0.25) is 5.91 Å². The standard InChI is InChI=1S/C24H32N4O2/c1-7-26(8-2)23(29)15-27-12-11-19-14-20(9-10-22(19)27)25-24(30)21-13-17(5)28(16(3)4)18(21)6/h9-14,16H,7-8,15H2,1-6H3,(H,25,30). The lowest BCUT2D eigenvalue weighted by Gasteiger charge is -2.19. The molecule has 3 rings (SSSR count). The number of aryl methyl sites for hydroxylation is 1. The summed E-state index contributed by atoms with van der Waals surface area (Å²) in [5, 5.41) is 4.01. The van der Waals surface area contributed by atoms with Gasteiger partial charge in [-0.05, 0) is 71.9 Å². The molecule has 0 aliphatic rings. The molecule has 1 aromatic carbocycles. The lowest BCUT2D eigenvalue weighted by molar-refractivity contribution is -0.131. The summed E-state index contributed by atoms with van der Waals surface area (Å²) in [4.78, 5) is 27.1. The van der Waals surface area contributed by atoms with Crippen LogP contribution < -0.4 is 5.32 Å². The van der Waals surface area contributed by atoms with Crippen LogP contribution in [0.25, 0.3) is 10.9 Å². The van der Waals surface area contributed by atoms with E-state index in [0.717, 1.165) is 28.0 Å². The van der Waals surface area contributed by atoms with Gasteiger partial charge >= 0.3 is 0 Å². The Labute approximate surface area is 178 Å². The predicted octanol–water partition coefficient (Wildman–Crippen LogP) is 4.76. The molecule has 1 N–H and O–H groups in total. The van der Waals surface area contributed by atoms with E-state index in [-0.39, 0.29) is 11.8 Å². The zero-order chi connectivity index (χ0) is 22.0. The number of aromatic nitrogens is 2. The summed E-state index contributed by atoms with van der Waals surface area (Å²) in [5.74, 6) is 0.000817. The highest BCUT2D eigenvalue weighted by atomic mass is 16.2. The molecular formula is C24H32N4O2. The minimum Gasteiger partial charge on any atom is -0.346 e. The Hall–Kier alpha value is -3.02. The van der Waals surface area contributed by atoms with E-state index in [4.69, 9.17) is 0 Å². The van der Waals surface area contributed by atoms with Crippen LogP contribution in [0.1, 0.15) is 55.5 Å². The van der Waals surface area contributed by atoms with Crippen molar-refractivity contribution >= 4 is 28.4 Å². The van der Waals surface area contributed by atoms with E-state index in [1.54, 1.807) is 0 Å². The Balaban J connectivity index is 1.80. The predicted molar refractivity (Wildman–Crippen MR) is 122 cm³/mol. The Bertz CT molecular complexity index is 1070. The van der Waals surface area contributed by atoms with Crippen LogP contribution in [0.4, 0.5) is 5.69 Å². The second-order valence-corrected chi connectivity index (χ2v) is 7.99. The summed E-state index contributed by atoms with van der Waals surface area (Å²) in [5.41, 5.74) is 4.48. The fourth-order valence-electron chi connectivity index (χ4n) is 4.24. The molecule has 2 heterocycles. The first-order valence-electron chi connectivity index (χ1n) is 10.6. The second-order valence-electron chi connectivity index (χ2n) is 7.99. The molecule has 0 unspecified atom stereocenters. The molecule has 0 radical (unpaired) electrons. The molecule has 2 amide bonds. The van der Waals surface area contributed by atoms with Gasteiger partial charge in [-0.1, -0.05) is 0 Å². The SMILES string of the molecule is CCN(CC)C(=O)Cn1ccc2cc(NC(=O)c3cc(C)n(C(C)C)c3C)ccc21. The molecule has 0 aliphatic carbocycles. The van der Waals surface area contributed by atoms with E-state index in [2.05, 4.69) is 23.7 Å². The average Bonchev–Trinajstić information content (AvgIpc) is 3.22. The Morgan fingerprint density at radius 2 is 1.77 bits per heavy atom. The number of amides is 2. The molecule has 0 saturated carbocycles. The lowest BCUT2D eigenvalue weighted by atomic mass is 10.2. The largest absolute Gasteiger partial charge is 0.346 e. The highest BCUT2D eigenvalue weighted by Crippen LogP contribution is 2.24. The molecule has 0 fully saturated rings. The van der Waals surface area contributed by atoms with Crippen LogP contribution in [0.3, 0.4) is 0 Å². The van der Waals surface area contributed by atoms with E-state index in [9.17, 15) is 9.59 Å². The van der Waals surface area contributed by atoms with Crippen LogP contribution in [0.5, 0.6) is 0 Å². The average molecular weight is 409 g/mol. The third-order valence-electron chi connectivity index (χ3n) is 5.70. The minimum absolute atomic E-state index is 0.106. The maximum absolute atomic E-state index is 12.9. The van der Waals surface area contributed by atoms with E-state index in [0.29, 0.717) is 31.2 Å². The van der Waals surface area contributed by atoms with E-state index < -0.39 is 0 Å². The molecule has 6 nitrogen and oxygen atoms in total. The van der Waals surface area contributed by atoms with Gasteiger partial charge in [0.1, 0.15) is 6.54 Å². The van der Waals surface area contributed by atoms with Crippen LogP contribution >= 0.6 is 0 Å². The quantitative estimate of drug-likeness (QED) is 0.613. The number of nitrogens with one attached hydrogen (secondary N) is 1. The number of rotatable bonds is 7. The van der Waals surface area contributed by atoms with Crippen molar-refractivity contribution in [3.63, 3.8) is 0 Å². The number of hydrogen-bond donors (Lipinski definition) is 1. The molecule has 30 heavy (non-hydrogen) atoms. The van der Waals surface area contributed by atoms with Crippen molar-refractivity contribution in [1.29, 1.82) is 0 Å². The lowest BCUT2D eigenvalue weighted by Crippen LogP contribution is -2.33. The third-order valence-corrected chi connectivity index (χ3v) is 5.70. The molecule has 160 valence electrons. The summed E-state index contributed by atoms with van der Waals surface area (Å²) in [6.45, 7) is 14.0. The van der Waals surface area contributed by atoms with Crippen molar-refractivity contribution in [3.05, 3.63) is 53.5 Å². The smallest absolute Gasteiger partial charge is 0.257 e. The van der Waals surface area contributed by atoms with Gasteiger partial charge in [-0.2, -0.15) is 0 Å². The van der Waals surface area contributed by atoms with Gasteiger partial charge in [-0.3, -0.25) is 9.59 Å². The summed E-state index contributed by atoms with van der Waals surface area (Å²) in [7, 11) is 0. The van der Waals surface area contributed by atoms with Crippen molar-refractivity contribution in [2.75, 3.05) is 18.4 Å². The zero-order valence-corrected chi connectivity index (χ0v) is 18.8. The Kier molecular flexibility index (Phi) is 6.34. The van der Waals surface area contributed by atoms with Gasteiger partial charge in [0, 0.05) is 53.3 Å². The number of fused-ring (bicyclic) bond motifs is 1. The summed E-state index contributed by atoms with van der Waals surface area (Å²) in [6.07, 6.45) is 1.92. The first-order chi connectivity index (χ1) is 14.3. The summed E-state index contributed by atoms with van der Waals surface area (Å²) >= 11 is 0. The zero-order valence-electron chi connectivity index (χ0n) is 18.8. The molecule has 0 saturated heterocycles. The van der Waals surface area contributed by atoms with Crippen LogP contribution in [-0.4, -0.2) is 38.9 Å². The van der Waals surface area contributed by atoms with Gasteiger partial charge < -0.3 is 19.4 Å². The molecule has 0 bridgehead atoms. The molecule has 0 atom stereocenters. The van der Waals surface area contributed by atoms with Gasteiger partial charge in [0.25, 0.3) is 5.91 Å². The number of benzene rings is 1. The number of hydrogen-bond acceptors (Lipinski definition) is 2. The van der Waals surface area contributed by atoms with Gasteiger partial charge in [0.15, 0.2) is 0 Å². The monoisotopic (exact) mass is 408 g/mol. The van der Waals surface area contributed by atoms with Crippen molar-refractivity contribution < 1.29 is 9.59 Å².